The Morgan fingerprint density at radius 2 is 1.82 bits per heavy atom. The molecule has 0 radical (unpaired) electrons. The molecule has 3 heterocycles. The first-order valence-electron chi connectivity index (χ1n) is 14.9. The number of carbonyl (C=O) groups excluding carboxylic acids is 2. The lowest BCUT2D eigenvalue weighted by Crippen LogP contribution is -2.37. The third-order valence-corrected chi connectivity index (χ3v) is 8.18. The number of piperidine rings is 1. The van der Waals surface area contributed by atoms with Crippen LogP contribution in [0.2, 0.25) is 0 Å². The molecule has 1 aliphatic rings. The Hall–Kier alpha value is -4.18. The number of likely N-dealkylation sites (tertiary alicyclic amines) is 1. The fourth-order valence-corrected chi connectivity index (χ4v) is 6.15. The minimum atomic E-state index is -0.666. The summed E-state index contributed by atoms with van der Waals surface area (Å²) in [6.45, 7) is 8.56. The Kier molecular flexibility index (Phi) is 9.10. The molecule has 0 amide bonds. The first-order valence-corrected chi connectivity index (χ1v) is 14.9. The number of aryl methyl sites for hydroxylation is 2. The molecule has 0 bridgehead atoms. The fraction of sp³-hybridized carbons (Fsp3) is 0.441. The Labute approximate surface area is 257 Å². The van der Waals surface area contributed by atoms with Gasteiger partial charge in [0.15, 0.2) is 0 Å². The third-order valence-electron chi connectivity index (χ3n) is 8.18. The minimum absolute atomic E-state index is 0.0225. The van der Waals surface area contributed by atoms with E-state index in [1.807, 2.05) is 70.4 Å². The normalized spacial score (nSPS) is 17.5. The monoisotopic (exact) mass is 604 g/mol. The van der Waals surface area contributed by atoms with Gasteiger partial charge in [0, 0.05) is 29.9 Å². The molecule has 0 aliphatic carbocycles. The number of aromatic nitrogens is 3. The van der Waals surface area contributed by atoms with Gasteiger partial charge in [0.25, 0.3) is 0 Å². The molecule has 234 valence electrons. The summed E-state index contributed by atoms with van der Waals surface area (Å²) in [7, 11) is 3.00. The Balaban J connectivity index is 1.54. The maximum Gasteiger partial charge on any atom is 0.419 e. The second kappa shape index (κ2) is 12.8. The van der Waals surface area contributed by atoms with Gasteiger partial charge in [-0.15, -0.1) is 0 Å². The van der Waals surface area contributed by atoms with Crippen molar-refractivity contribution >= 4 is 23.0 Å². The Morgan fingerprint density at radius 3 is 2.48 bits per heavy atom. The molecule has 10 heteroatoms. The zero-order valence-electron chi connectivity index (χ0n) is 26.3. The minimum Gasteiger partial charge on any atom is -0.497 e. The molecule has 0 N–H and O–H groups in total. The van der Waals surface area contributed by atoms with Crippen LogP contribution in [0.25, 0.3) is 10.9 Å². The smallest absolute Gasteiger partial charge is 0.419 e. The van der Waals surface area contributed by atoms with Crippen molar-refractivity contribution in [2.75, 3.05) is 27.4 Å². The van der Waals surface area contributed by atoms with Gasteiger partial charge in [-0.2, -0.15) is 5.10 Å². The topological polar surface area (TPSA) is 87.8 Å². The maximum atomic E-state index is 13.7. The molecule has 5 rings (SSSR count). The molecule has 2 atom stereocenters. The number of fused-ring (bicyclic) bond motifs is 1. The number of benzene rings is 2. The second-order valence-corrected chi connectivity index (χ2v) is 12.4. The average Bonchev–Trinajstić information content (AvgIpc) is 3.61. The number of ether oxygens (including phenoxy) is 3. The van der Waals surface area contributed by atoms with E-state index in [-0.39, 0.29) is 24.5 Å². The van der Waals surface area contributed by atoms with Crippen LogP contribution in [0.3, 0.4) is 0 Å². The number of nitrogens with zero attached hydrogens (tertiary/aromatic N) is 4. The molecule has 1 aliphatic heterocycles. The van der Waals surface area contributed by atoms with E-state index < -0.39 is 18.4 Å². The van der Waals surface area contributed by atoms with Gasteiger partial charge in [-0.1, -0.05) is 12.1 Å². The van der Waals surface area contributed by atoms with E-state index in [9.17, 15) is 14.0 Å². The molecule has 2 aromatic carbocycles. The number of hydrogen-bond acceptors (Lipinski definition) is 7. The van der Waals surface area contributed by atoms with Crippen LogP contribution >= 0.6 is 0 Å². The van der Waals surface area contributed by atoms with E-state index in [2.05, 4.69) is 10.00 Å². The Bertz CT molecular complexity index is 1640. The highest BCUT2D eigenvalue weighted by Gasteiger charge is 2.33. The van der Waals surface area contributed by atoms with Crippen molar-refractivity contribution in [3.05, 3.63) is 82.8 Å². The largest absolute Gasteiger partial charge is 0.497 e. The maximum absolute atomic E-state index is 13.7. The number of alkyl halides is 1. The summed E-state index contributed by atoms with van der Waals surface area (Å²) in [5.41, 5.74) is 4.48. The van der Waals surface area contributed by atoms with Crippen LogP contribution in [0.4, 0.5) is 9.18 Å². The molecule has 1 fully saturated rings. The van der Waals surface area contributed by atoms with Gasteiger partial charge in [0.2, 0.25) is 0 Å². The number of hydrogen-bond donors (Lipinski definition) is 0. The summed E-state index contributed by atoms with van der Waals surface area (Å²) in [5, 5.41) is 5.26. The summed E-state index contributed by atoms with van der Waals surface area (Å²) in [4.78, 5) is 28.2. The third kappa shape index (κ3) is 6.65. The van der Waals surface area contributed by atoms with Crippen LogP contribution in [0, 0.1) is 6.92 Å². The molecule has 4 aromatic rings. The van der Waals surface area contributed by atoms with Crippen molar-refractivity contribution in [1.82, 2.24) is 19.2 Å². The molecule has 0 spiro atoms. The molecule has 0 saturated carbocycles. The summed E-state index contributed by atoms with van der Waals surface area (Å²) < 4.78 is 32.6. The Morgan fingerprint density at radius 1 is 1.07 bits per heavy atom. The molecule has 9 nitrogen and oxygen atoms in total. The first-order chi connectivity index (χ1) is 21.0. The van der Waals surface area contributed by atoms with Crippen molar-refractivity contribution in [1.29, 1.82) is 0 Å². The SMILES string of the molecule is COC(=O)c1ccc(C2CC(c3cnn(CCF)c3)CCN2Cc2cc3cc(OC)cc(C)c3n2C(=O)OC(C)(C)C)cc1. The lowest BCUT2D eigenvalue weighted by molar-refractivity contribution is 0.0528. The van der Waals surface area contributed by atoms with Crippen LogP contribution < -0.4 is 4.74 Å². The zero-order valence-corrected chi connectivity index (χ0v) is 26.3. The molecule has 2 aromatic heterocycles. The average molecular weight is 605 g/mol. The number of halogens is 1. The fourth-order valence-electron chi connectivity index (χ4n) is 6.15. The molecule has 1 saturated heterocycles. The predicted molar refractivity (Wildman–Crippen MR) is 166 cm³/mol. The van der Waals surface area contributed by atoms with Crippen molar-refractivity contribution in [3.8, 4) is 5.75 Å². The van der Waals surface area contributed by atoms with E-state index in [1.165, 1.54) is 7.11 Å². The summed E-state index contributed by atoms with van der Waals surface area (Å²) in [6, 6.07) is 13.4. The van der Waals surface area contributed by atoms with Crippen LogP contribution in [0.15, 0.2) is 54.9 Å². The lowest BCUT2D eigenvalue weighted by Gasteiger charge is -2.40. The van der Waals surface area contributed by atoms with Gasteiger partial charge < -0.3 is 14.2 Å². The van der Waals surface area contributed by atoms with Crippen molar-refractivity contribution in [2.24, 2.45) is 0 Å². The zero-order chi connectivity index (χ0) is 31.6. The van der Waals surface area contributed by atoms with E-state index in [0.717, 1.165) is 58.4 Å². The van der Waals surface area contributed by atoms with Crippen LogP contribution in [-0.4, -0.2) is 64.4 Å². The van der Waals surface area contributed by atoms with E-state index in [4.69, 9.17) is 14.2 Å². The van der Waals surface area contributed by atoms with Gasteiger partial charge in [-0.05, 0) is 100 Å². The van der Waals surface area contributed by atoms with Gasteiger partial charge in [0.1, 0.15) is 18.0 Å². The van der Waals surface area contributed by atoms with Crippen LogP contribution in [0.5, 0.6) is 5.75 Å². The van der Waals surface area contributed by atoms with Crippen molar-refractivity contribution in [3.63, 3.8) is 0 Å². The van der Waals surface area contributed by atoms with Gasteiger partial charge in [-0.3, -0.25) is 9.58 Å². The van der Waals surface area contributed by atoms with Gasteiger partial charge in [-0.25, -0.2) is 18.5 Å². The number of rotatable bonds is 8. The number of esters is 1. The predicted octanol–water partition coefficient (Wildman–Crippen LogP) is 6.82. The van der Waals surface area contributed by atoms with E-state index in [1.54, 1.807) is 28.5 Å². The lowest BCUT2D eigenvalue weighted by atomic mass is 9.83. The molecule has 44 heavy (non-hydrogen) atoms. The quantitative estimate of drug-likeness (QED) is 0.204. The van der Waals surface area contributed by atoms with Gasteiger partial charge >= 0.3 is 12.1 Å². The van der Waals surface area contributed by atoms with Crippen molar-refractivity contribution in [2.45, 2.75) is 71.2 Å². The number of methoxy groups -OCH3 is 2. The van der Waals surface area contributed by atoms with Crippen LogP contribution in [0.1, 0.15) is 78.3 Å². The summed E-state index contributed by atoms with van der Waals surface area (Å²) in [5.74, 6) is 0.552. The standard InChI is InChI=1S/C34H41FN4O5/c1-22-15-29(42-5)17-26-16-28(39(31(22)26)33(41)44-34(2,3)4)21-37-13-11-25(27-19-36-38(20-27)14-12-35)18-30(37)23-7-9-24(10-8-23)32(40)43-6/h7-10,15-17,19-20,25,30H,11-14,18,21H2,1-6H3. The van der Waals surface area contributed by atoms with Gasteiger partial charge in [0.05, 0.1) is 38.0 Å². The first kappa shape index (κ1) is 31.3. The number of carbonyl (C=O) groups is 2. The molecule has 2 unspecified atom stereocenters. The highest BCUT2D eigenvalue weighted by atomic mass is 19.1. The van der Waals surface area contributed by atoms with Crippen molar-refractivity contribution < 1.29 is 28.2 Å². The van der Waals surface area contributed by atoms with E-state index in [0.29, 0.717) is 12.1 Å². The highest BCUT2D eigenvalue weighted by molar-refractivity contribution is 5.94. The molecular formula is C34H41FN4O5. The summed E-state index contributed by atoms with van der Waals surface area (Å²) in [6.07, 6.45) is 5.01. The van der Waals surface area contributed by atoms with E-state index >= 15 is 0 Å². The summed E-state index contributed by atoms with van der Waals surface area (Å²) >= 11 is 0. The van der Waals surface area contributed by atoms with Crippen LogP contribution in [-0.2, 0) is 22.6 Å². The second-order valence-electron chi connectivity index (χ2n) is 12.4. The molecular weight excluding hydrogens is 563 g/mol. The highest BCUT2D eigenvalue weighted by Crippen LogP contribution is 2.41.